The third kappa shape index (κ3) is 3.20. The molecule has 1 aromatic carbocycles. The molecular weight excluding hydrogens is 355 g/mol. The molecule has 23 heavy (non-hydrogen) atoms. The molecule has 1 aromatic rings. The van der Waals surface area contributed by atoms with Crippen molar-refractivity contribution in [2.75, 3.05) is 0 Å². The molecule has 0 radical (unpaired) electrons. The van der Waals surface area contributed by atoms with Gasteiger partial charge < -0.3 is 0 Å². The molecule has 3 rings (SSSR count). The largest absolute Gasteiger partial charge is 0.283 e. The van der Waals surface area contributed by atoms with Crippen molar-refractivity contribution in [3.05, 3.63) is 39.4 Å². The number of nitrogens with zero attached hydrogens (tertiary/aromatic N) is 3. The Kier molecular flexibility index (Phi) is 4.57. The monoisotopic (exact) mass is 366 g/mol. The van der Waals surface area contributed by atoms with Crippen LogP contribution in [0.3, 0.4) is 0 Å². The number of aliphatic imine (C=N–C) groups is 1. The highest BCUT2D eigenvalue weighted by atomic mass is 35.5. The SMILES string of the molecule is CCCC1=NN2C(=N)C(=Cc3ccc(Cl)cc3Cl)C(=O)N=C2S1. The number of carbonyl (C=O) groups excluding carboxylic acids is 1. The maximum absolute atomic E-state index is 12.2. The van der Waals surface area contributed by atoms with E-state index in [4.69, 9.17) is 28.6 Å². The normalized spacial score (nSPS) is 19.1. The van der Waals surface area contributed by atoms with Gasteiger partial charge in [-0.05, 0) is 48.4 Å². The summed E-state index contributed by atoms with van der Waals surface area (Å²) in [4.78, 5) is 16.3. The van der Waals surface area contributed by atoms with E-state index in [0.29, 0.717) is 20.8 Å². The summed E-state index contributed by atoms with van der Waals surface area (Å²) in [6, 6.07) is 4.96. The van der Waals surface area contributed by atoms with Crippen molar-refractivity contribution >= 4 is 63.0 Å². The molecule has 0 spiro atoms. The van der Waals surface area contributed by atoms with Crippen LogP contribution in [0.1, 0.15) is 25.3 Å². The first-order chi connectivity index (χ1) is 11.0. The van der Waals surface area contributed by atoms with E-state index in [-0.39, 0.29) is 11.4 Å². The van der Waals surface area contributed by atoms with Gasteiger partial charge in [0, 0.05) is 10.0 Å². The second-order valence-electron chi connectivity index (χ2n) is 4.93. The van der Waals surface area contributed by atoms with Crippen LogP contribution in [0.5, 0.6) is 0 Å². The molecule has 5 nitrogen and oxygen atoms in total. The average molecular weight is 367 g/mol. The van der Waals surface area contributed by atoms with Crippen LogP contribution in [-0.2, 0) is 4.79 Å². The number of thioether (sulfide) groups is 1. The molecule has 118 valence electrons. The summed E-state index contributed by atoms with van der Waals surface area (Å²) in [5.74, 6) is -0.461. The number of rotatable bonds is 3. The molecule has 0 aliphatic carbocycles. The van der Waals surface area contributed by atoms with E-state index in [1.165, 1.54) is 16.8 Å². The maximum atomic E-state index is 12.2. The van der Waals surface area contributed by atoms with Gasteiger partial charge in [0.1, 0.15) is 5.04 Å². The lowest BCUT2D eigenvalue weighted by Crippen LogP contribution is -2.35. The van der Waals surface area contributed by atoms with Crippen molar-refractivity contribution in [3.63, 3.8) is 0 Å². The number of hydrogen-bond acceptors (Lipinski definition) is 4. The minimum absolute atomic E-state index is 0.00428. The predicted molar refractivity (Wildman–Crippen MR) is 96.4 cm³/mol. The Morgan fingerprint density at radius 1 is 1.39 bits per heavy atom. The van der Waals surface area contributed by atoms with Crippen LogP contribution < -0.4 is 0 Å². The van der Waals surface area contributed by atoms with Gasteiger partial charge in [-0.15, -0.1) is 0 Å². The zero-order chi connectivity index (χ0) is 16.6. The summed E-state index contributed by atoms with van der Waals surface area (Å²) in [6.45, 7) is 2.05. The number of halogens is 2. The van der Waals surface area contributed by atoms with Crippen LogP contribution in [-0.4, -0.2) is 27.0 Å². The third-order valence-electron chi connectivity index (χ3n) is 3.22. The van der Waals surface area contributed by atoms with Gasteiger partial charge in [0.05, 0.1) is 5.57 Å². The van der Waals surface area contributed by atoms with E-state index in [1.54, 1.807) is 24.3 Å². The Hall–Kier alpha value is -1.63. The number of carbonyl (C=O) groups is 1. The van der Waals surface area contributed by atoms with Crippen molar-refractivity contribution in [1.82, 2.24) is 5.01 Å². The summed E-state index contributed by atoms with van der Waals surface area (Å²) in [7, 11) is 0. The fourth-order valence-corrected chi connectivity index (χ4v) is 3.57. The standard InChI is InChI=1S/C15H12Cl2N4OS/c1-2-3-12-20-21-13(18)10(14(22)19-15(21)23-12)6-8-4-5-9(16)7-11(8)17/h4-7,18H,2-3H2,1H3. The number of fused-ring (bicyclic) bond motifs is 1. The highest BCUT2D eigenvalue weighted by Crippen LogP contribution is 2.31. The van der Waals surface area contributed by atoms with E-state index in [1.807, 2.05) is 6.92 Å². The molecule has 0 saturated carbocycles. The lowest BCUT2D eigenvalue weighted by atomic mass is 10.1. The molecule has 1 amide bonds. The highest BCUT2D eigenvalue weighted by molar-refractivity contribution is 8.26. The minimum atomic E-state index is -0.465. The highest BCUT2D eigenvalue weighted by Gasteiger charge is 2.35. The molecule has 1 N–H and O–H groups in total. The molecule has 2 aliphatic heterocycles. The van der Waals surface area contributed by atoms with E-state index in [9.17, 15) is 4.79 Å². The Labute approximate surface area is 147 Å². The van der Waals surface area contributed by atoms with Gasteiger partial charge in [-0.2, -0.15) is 15.1 Å². The fourth-order valence-electron chi connectivity index (χ4n) is 2.12. The van der Waals surface area contributed by atoms with Crippen LogP contribution in [0, 0.1) is 5.41 Å². The Bertz CT molecular complexity index is 801. The summed E-state index contributed by atoms with van der Waals surface area (Å²) in [5.41, 5.74) is 0.757. The van der Waals surface area contributed by atoms with Gasteiger partial charge in [-0.25, -0.2) is 0 Å². The summed E-state index contributed by atoms with van der Waals surface area (Å²) < 4.78 is 0. The van der Waals surface area contributed by atoms with Gasteiger partial charge in [0.2, 0.25) is 5.17 Å². The van der Waals surface area contributed by atoms with Crippen molar-refractivity contribution in [2.24, 2.45) is 10.1 Å². The Morgan fingerprint density at radius 2 is 2.17 bits per heavy atom. The number of amides is 1. The number of nitrogens with one attached hydrogen (secondary N) is 1. The fraction of sp³-hybridized carbons (Fsp3) is 0.200. The van der Waals surface area contributed by atoms with Gasteiger partial charge in [0.15, 0.2) is 5.84 Å². The van der Waals surface area contributed by atoms with Gasteiger partial charge in [-0.1, -0.05) is 36.2 Å². The van der Waals surface area contributed by atoms with Crippen LogP contribution in [0.2, 0.25) is 10.0 Å². The summed E-state index contributed by atoms with van der Waals surface area (Å²) in [5, 5.41) is 16.2. The first-order valence-corrected chi connectivity index (χ1v) is 8.51. The first-order valence-electron chi connectivity index (χ1n) is 6.93. The minimum Gasteiger partial charge on any atom is -0.282 e. The average Bonchev–Trinajstić information content (AvgIpc) is 2.88. The van der Waals surface area contributed by atoms with Crippen LogP contribution >= 0.6 is 35.0 Å². The molecule has 0 unspecified atom stereocenters. The maximum Gasteiger partial charge on any atom is 0.283 e. The van der Waals surface area contributed by atoms with Crippen LogP contribution in [0.25, 0.3) is 6.08 Å². The van der Waals surface area contributed by atoms with Crippen molar-refractivity contribution < 1.29 is 4.79 Å². The molecule has 2 heterocycles. The third-order valence-corrected chi connectivity index (χ3v) is 4.75. The number of hydrogen-bond donors (Lipinski definition) is 1. The molecule has 0 saturated heterocycles. The second kappa shape index (κ2) is 6.47. The summed E-state index contributed by atoms with van der Waals surface area (Å²) in [6.07, 6.45) is 3.28. The van der Waals surface area contributed by atoms with Gasteiger partial charge in [0.25, 0.3) is 5.91 Å². The van der Waals surface area contributed by atoms with Crippen molar-refractivity contribution in [1.29, 1.82) is 5.41 Å². The number of hydrazone groups is 1. The number of benzene rings is 1. The smallest absolute Gasteiger partial charge is 0.282 e. The molecule has 0 fully saturated rings. The number of amidine groups is 2. The predicted octanol–water partition coefficient (Wildman–Crippen LogP) is 4.41. The van der Waals surface area contributed by atoms with Crippen molar-refractivity contribution in [3.8, 4) is 0 Å². The molecule has 0 atom stereocenters. The van der Waals surface area contributed by atoms with E-state index >= 15 is 0 Å². The van der Waals surface area contributed by atoms with E-state index in [0.717, 1.165) is 17.9 Å². The van der Waals surface area contributed by atoms with Crippen LogP contribution in [0.4, 0.5) is 0 Å². The lowest BCUT2D eigenvalue weighted by molar-refractivity contribution is -0.114. The zero-order valence-electron chi connectivity index (χ0n) is 12.1. The van der Waals surface area contributed by atoms with E-state index in [2.05, 4.69) is 10.1 Å². The topological polar surface area (TPSA) is 68.9 Å². The van der Waals surface area contributed by atoms with Gasteiger partial charge in [-0.3, -0.25) is 10.2 Å². The zero-order valence-corrected chi connectivity index (χ0v) is 14.5. The molecule has 0 bridgehead atoms. The molecule has 8 heteroatoms. The summed E-state index contributed by atoms with van der Waals surface area (Å²) >= 11 is 13.3. The van der Waals surface area contributed by atoms with Gasteiger partial charge >= 0.3 is 0 Å². The Balaban J connectivity index is 1.97. The quantitative estimate of drug-likeness (QED) is 0.805. The molecule has 0 aromatic heterocycles. The second-order valence-corrected chi connectivity index (χ2v) is 6.81. The lowest BCUT2D eigenvalue weighted by Gasteiger charge is -2.20. The molecular formula is C15H12Cl2N4OS. The van der Waals surface area contributed by atoms with Crippen LogP contribution in [0.15, 0.2) is 33.9 Å². The van der Waals surface area contributed by atoms with E-state index < -0.39 is 5.91 Å². The first kappa shape index (κ1) is 16.2. The van der Waals surface area contributed by atoms with Crippen molar-refractivity contribution in [2.45, 2.75) is 19.8 Å². The Morgan fingerprint density at radius 3 is 2.87 bits per heavy atom. The molecule has 2 aliphatic rings.